The molecule has 4 aromatic rings. The van der Waals surface area contributed by atoms with Crippen LogP contribution in [-0.2, 0) is 27.1 Å². The minimum atomic E-state index is -4.61. The molecule has 6 rings (SSSR count). The summed E-state index contributed by atoms with van der Waals surface area (Å²) in [5.41, 5.74) is 0.841. The monoisotopic (exact) mass is 684 g/mol. The average Bonchev–Trinajstić information content (AvgIpc) is 3.48. The number of thiazole rings is 1. The Hall–Kier alpha value is -4.43. The number of nitrogens with zero attached hydrogens (tertiary/aromatic N) is 3. The van der Waals surface area contributed by atoms with Gasteiger partial charge in [0.15, 0.2) is 0 Å². The van der Waals surface area contributed by atoms with Gasteiger partial charge in [0.05, 0.1) is 22.2 Å². The first-order chi connectivity index (χ1) is 22.4. The molecule has 1 saturated heterocycles. The summed E-state index contributed by atoms with van der Waals surface area (Å²) in [4.78, 5) is 57.5. The van der Waals surface area contributed by atoms with Gasteiger partial charge in [-0.25, -0.2) is 9.29 Å². The number of hydrogen-bond donors (Lipinski definition) is 1. The van der Waals surface area contributed by atoms with Crippen molar-refractivity contribution in [2.24, 2.45) is 5.92 Å². The zero-order chi connectivity index (χ0) is 33.6. The van der Waals surface area contributed by atoms with Crippen molar-refractivity contribution in [3.8, 4) is 0 Å². The van der Waals surface area contributed by atoms with Crippen LogP contribution in [0, 0.1) is 11.7 Å². The number of carbonyl (C=O) groups excluding carboxylic acids is 3. The van der Waals surface area contributed by atoms with Gasteiger partial charge in [-0.1, -0.05) is 41.3 Å². The van der Waals surface area contributed by atoms with Gasteiger partial charge in [0.1, 0.15) is 17.6 Å². The fourth-order valence-corrected chi connectivity index (χ4v) is 8.83. The molecule has 2 aliphatic rings. The number of halogens is 4. The van der Waals surface area contributed by atoms with Crippen LogP contribution in [0.1, 0.15) is 35.8 Å². The second kappa shape index (κ2) is 12.6. The van der Waals surface area contributed by atoms with Gasteiger partial charge < -0.3 is 10.2 Å². The van der Waals surface area contributed by atoms with Crippen molar-refractivity contribution in [2.75, 3.05) is 28.2 Å². The number of hydrogen-bond acceptors (Lipinski definition) is 7. The fraction of sp³-hybridized carbons (Fsp3) is 0.273. The number of nitrogens with one attached hydrogen (secondary N) is 1. The SMILES string of the molecule is CCN(CC)c1ccc([C@H]2c3sc(=O)n(CC(=O)Nc4cccc(C(F)(F)F)c4)c3SC3C(=O)N(c4ccc(F)cc4)C(=O)C32)cc1. The average molecular weight is 685 g/mol. The summed E-state index contributed by atoms with van der Waals surface area (Å²) in [5, 5.41) is 1.80. The Morgan fingerprint density at radius 1 is 0.936 bits per heavy atom. The number of fused-ring (bicyclic) bond motifs is 2. The first-order valence-electron chi connectivity index (χ1n) is 14.8. The fourth-order valence-electron chi connectivity index (χ4n) is 6.06. The number of imide groups is 1. The Morgan fingerprint density at radius 2 is 1.62 bits per heavy atom. The zero-order valence-electron chi connectivity index (χ0n) is 25.1. The minimum absolute atomic E-state index is 0.0904. The molecule has 3 heterocycles. The normalized spacial score (nSPS) is 19.0. The van der Waals surface area contributed by atoms with Crippen molar-refractivity contribution < 1.29 is 31.9 Å². The van der Waals surface area contributed by atoms with E-state index in [1.807, 2.05) is 38.1 Å². The van der Waals surface area contributed by atoms with Gasteiger partial charge in [-0.3, -0.25) is 23.7 Å². The maximum atomic E-state index is 14.0. The van der Waals surface area contributed by atoms with Crippen LogP contribution in [-0.4, -0.2) is 40.6 Å². The molecule has 3 amide bonds. The highest BCUT2D eigenvalue weighted by molar-refractivity contribution is 8.00. The van der Waals surface area contributed by atoms with Crippen LogP contribution in [0.15, 0.2) is 82.6 Å². The summed E-state index contributed by atoms with van der Waals surface area (Å²) >= 11 is 1.87. The third-order valence-corrected chi connectivity index (χ3v) is 10.9. The molecule has 3 aromatic carbocycles. The molecule has 0 aliphatic carbocycles. The maximum Gasteiger partial charge on any atom is 0.416 e. The van der Waals surface area contributed by atoms with E-state index >= 15 is 0 Å². The Kier molecular flexibility index (Phi) is 8.74. The van der Waals surface area contributed by atoms with Crippen LogP contribution in [0.25, 0.3) is 0 Å². The molecular formula is C33H28F4N4O4S2. The van der Waals surface area contributed by atoms with E-state index in [0.29, 0.717) is 15.5 Å². The minimum Gasteiger partial charge on any atom is -0.372 e. The highest BCUT2D eigenvalue weighted by Crippen LogP contribution is 2.54. The number of rotatable bonds is 8. The van der Waals surface area contributed by atoms with E-state index in [9.17, 15) is 36.7 Å². The molecule has 47 heavy (non-hydrogen) atoms. The van der Waals surface area contributed by atoms with E-state index in [-0.39, 0.29) is 11.4 Å². The quantitative estimate of drug-likeness (QED) is 0.172. The molecule has 8 nitrogen and oxygen atoms in total. The van der Waals surface area contributed by atoms with Crippen LogP contribution in [0.2, 0.25) is 0 Å². The molecular weight excluding hydrogens is 657 g/mol. The lowest BCUT2D eigenvalue weighted by Gasteiger charge is -2.31. The van der Waals surface area contributed by atoms with E-state index in [1.165, 1.54) is 28.8 Å². The zero-order valence-corrected chi connectivity index (χ0v) is 26.7. The van der Waals surface area contributed by atoms with Crippen LogP contribution in [0.5, 0.6) is 0 Å². The van der Waals surface area contributed by atoms with Crippen molar-refractivity contribution in [3.63, 3.8) is 0 Å². The summed E-state index contributed by atoms with van der Waals surface area (Å²) in [6.07, 6.45) is -4.61. The van der Waals surface area contributed by atoms with Gasteiger partial charge in [0.2, 0.25) is 17.7 Å². The van der Waals surface area contributed by atoms with E-state index in [0.717, 1.165) is 71.0 Å². The van der Waals surface area contributed by atoms with Crippen LogP contribution in [0.4, 0.5) is 34.6 Å². The first-order valence-corrected chi connectivity index (χ1v) is 16.5. The number of alkyl halides is 3. The lowest BCUT2D eigenvalue weighted by atomic mass is 9.83. The summed E-state index contributed by atoms with van der Waals surface area (Å²) in [6, 6.07) is 16.7. The Morgan fingerprint density at radius 3 is 2.26 bits per heavy atom. The van der Waals surface area contributed by atoms with E-state index in [1.54, 1.807) is 0 Å². The largest absolute Gasteiger partial charge is 0.416 e. The van der Waals surface area contributed by atoms with Gasteiger partial charge in [-0.2, -0.15) is 13.2 Å². The molecule has 1 N–H and O–H groups in total. The molecule has 1 fully saturated rings. The second-order valence-corrected chi connectivity index (χ2v) is 13.2. The molecule has 3 atom stereocenters. The van der Waals surface area contributed by atoms with E-state index in [4.69, 9.17) is 0 Å². The predicted octanol–water partition coefficient (Wildman–Crippen LogP) is 6.35. The molecule has 0 saturated carbocycles. The molecule has 0 radical (unpaired) electrons. The Labute approximate surface area is 275 Å². The smallest absolute Gasteiger partial charge is 0.372 e. The molecule has 0 spiro atoms. The number of aromatic nitrogens is 1. The molecule has 1 aromatic heterocycles. The van der Waals surface area contributed by atoms with Gasteiger partial charge in [-0.15, -0.1) is 0 Å². The van der Waals surface area contributed by atoms with Gasteiger partial charge in [0, 0.05) is 35.3 Å². The third kappa shape index (κ3) is 6.07. The molecule has 14 heteroatoms. The Balaban J connectivity index is 1.39. The number of amides is 3. The van der Waals surface area contributed by atoms with Gasteiger partial charge in [-0.05, 0) is 74.0 Å². The molecule has 2 unspecified atom stereocenters. The maximum absolute atomic E-state index is 14.0. The number of benzene rings is 3. The topological polar surface area (TPSA) is 91.7 Å². The second-order valence-electron chi connectivity index (χ2n) is 11.0. The highest BCUT2D eigenvalue weighted by Gasteiger charge is 2.56. The summed E-state index contributed by atoms with van der Waals surface area (Å²) in [7, 11) is 0. The standard InChI is InChI=1S/C33H28F4N4O4S2/c1-3-39(4-2)22-12-8-18(9-13-22)25-26-27(30(44)41(29(26)43)23-14-10-20(34)11-15-23)46-31-28(25)47-32(45)40(31)17-24(42)38-21-7-5-6-19(16-21)33(35,36)37/h5-16,25-27H,3-4,17H2,1-2H3,(H,38,42)/t25-,26?,27?/m1/s1. The van der Waals surface area contributed by atoms with Crippen molar-refractivity contribution in [3.05, 3.63) is 104 Å². The summed E-state index contributed by atoms with van der Waals surface area (Å²) in [6.45, 7) is 5.09. The number of anilines is 3. The van der Waals surface area contributed by atoms with Crippen molar-refractivity contribution in [1.82, 2.24) is 4.57 Å². The predicted molar refractivity (Wildman–Crippen MR) is 173 cm³/mol. The number of carbonyl (C=O) groups is 3. The lowest BCUT2D eigenvalue weighted by molar-refractivity contribution is -0.137. The van der Waals surface area contributed by atoms with E-state index in [2.05, 4.69) is 10.2 Å². The van der Waals surface area contributed by atoms with Gasteiger partial charge >= 0.3 is 11.0 Å². The molecule has 2 aliphatic heterocycles. The van der Waals surface area contributed by atoms with Crippen molar-refractivity contribution >= 4 is 57.9 Å². The Bertz CT molecular complexity index is 1900. The number of thioether (sulfide) groups is 1. The summed E-state index contributed by atoms with van der Waals surface area (Å²) in [5.74, 6) is -3.90. The van der Waals surface area contributed by atoms with Crippen LogP contribution < -0.4 is 20.0 Å². The van der Waals surface area contributed by atoms with Crippen molar-refractivity contribution in [1.29, 1.82) is 0 Å². The highest BCUT2D eigenvalue weighted by atomic mass is 32.2. The molecule has 244 valence electrons. The molecule has 0 bridgehead atoms. The third-order valence-electron chi connectivity index (χ3n) is 8.29. The summed E-state index contributed by atoms with van der Waals surface area (Å²) < 4.78 is 54.5. The van der Waals surface area contributed by atoms with Gasteiger partial charge in [0.25, 0.3) is 0 Å². The first kappa shape index (κ1) is 32.5. The van der Waals surface area contributed by atoms with E-state index < -0.39 is 63.8 Å². The van der Waals surface area contributed by atoms with Crippen molar-refractivity contribution in [2.45, 2.75) is 42.8 Å². The van der Waals surface area contributed by atoms with Crippen LogP contribution >= 0.6 is 23.1 Å². The lowest BCUT2D eigenvalue weighted by Crippen LogP contribution is -2.33. The van der Waals surface area contributed by atoms with Crippen LogP contribution in [0.3, 0.4) is 0 Å².